The maximum atomic E-state index is 9.94. The van der Waals surface area contributed by atoms with Gasteiger partial charge in [0.25, 0.3) is 0 Å². The zero-order valence-electron chi connectivity index (χ0n) is 12.4. The van der Waals surface area contributed by atoms with Crippen LogP contribution in [-0.2, 0) is 12.0 Å². The van der Waals surface area contributed by atoms with Crippen molar-refractivity contribution in [2.75, 3.05) is 6.54 Å². The SMILES string of the molecule is CC(C)(C)c1ccc(CNCC2CCCCC2O)s1. The van der Waals surface area contributed by atoms with E-state index < -0.39 is 0 Å². The standard InChI is InChI=1S/C16H27NOS/c1-16(2,3)15-9-8-13(19-15)11-17-10-12-6-4-5-7-14(12)18/h8-9,12,14,17-18H,4-7,10-11H2,1-3H3. The Labute approximate surface area is 121 Å². The van der Waals surface area contributed by atoms with E-state index in [4.69, 9.17) is 0 Å². The molecular weight excluding hydrogens is 254 g/mol. The molecule has 0 spiro atoms. The zero-order valence-corrected chi connectivity index (χ0v) is 13.2. The summed E-state index contributed by atoms with van der Waals surface area (Å²) in [5.41, 5.74) is 0.252. The molecule has 2 nitrogen and oxygen atoms in total. The van der Waals surface area contributed by atoms with Gasteiger partial charge in [0.2, 0.25) is 0 Å². The van der Waals surface area contributed by atoms with Crippen LogP contribution in [0.1, 0.15) is 56.2 Å². The van der Waals surface area contributed by atoms with Gasteiger partial charge in [0.15, 0.2) is 0 Å². The fourth-order valence-corrected chi connectivity index (χ4v) is 3.72. The third-order valence-electron chi connectivity index (χ3n) is 3.98. The summed E-state index contributed by atoms with van der Waals surface area (Å²) in [7, 11) is 0. The Balaban J connectivity index is 1.78. The van der Waals surface area contributed by atoms with E-state index in [0.717, 1.165) is 19.5 Å². The molecule has 2 atom stereocenters. The number of hydrogen-bond donors (Lipinski definition) is 2. The van der Waals surface area contributed by atoms with Crippen LogP contribution in [0.5, 0.6) is 0 Å². The van der Waals surface area contributed by atoms with Gasteiger partial charge in [0.05, 0.1) is 6.10 Å². The third kappa shape index (κ3) is 4.30. The van der Waals surface area contributed by atoms with Gasteiger partial charge in [-0.05, 0) is 36.3 Å². The van der Waals surface area contributed by atoms with Crippen molar-refractivity contribution in [3.8, 4) is 0 Å². The zero-order chi connectivity index (χ0) is 13.9. The molecule has 1 aromatic heterocycles. The molecule has 2 N–H and O–H groups in total. The lowest BCUT2D eigenvalue weighted by Crippen LogP contribution is -2.33. The van der Waals surface area contributed by atoms with Gasteiger partial charge in [-0.1, -0.05) is 33.6 Å². The van der Waals surface area contributed by atoms with Gasteiger partial charge >= 0.3 is 0 Å². The minimum absolute atomic E-state index is 0.0882. The van der Waals surface area contributed by atoms with Crippen molar-refractivity contribution in [3.05, 3.63) is 21.9 Å². The van der Waals surface area contributed by atoms with Gasteiger partial charge in [-0.15, -0.1) is 11.3 Å². The number of nitrogens with one attached hydrogen (secondary N) is 1. The maximum absolute atomic E-state index is 9.94. The molecule has 0 bridgehead atoms. The van der Waals surface area contributed by atoms with E-state index in [1.165, 1.54) is 29.0 Å². The molecule has 0 amide bonds. The molecule has 2 rings (SSSR count). The molecule has 19 heavy (non-hydrogen) atoms. The highest BCUT2D eigenvalue weighted by Crippen LogP contribution is 2.29. The lowest BCUT2D eigenvalue weighted by atomic mass is 9.86. The van der Waals surface area contributed by atoms with Gasteiger partial charge in [-0.2, -0.15) is 0 Å². The predicted molar refractivity (Wildman–Crippen MR) is 82.7 cm³/mol. The second-order valence-corrected chi connectivity index (χ2v) is 7.93. The highest BCUT2D eigenvalue weighted by atomic mass is 32.1. The van der Waals surface area contributed by atoms with Crippen molar-refractivity contribution < 1.29 is 5.11 Å². The Hall–Kier alpha value is -0.380. The Morgan fingerprint density at radius 2 is 2.00 bits per heavy atom. The van der Waals surface area contributed by atoms with Gasteiger partial charge < -0.3 is 10.4 Å². The van der Waals surface area contributed by atoms with Crippen molar-refractivity contribution in [2.24, 2.45) is 5.92 Å². The molecule has 0 saturated heterocycles. The van der Waals surface area contributed by atoms with Gasteiger partial charge in [0, 0.05) is 22.8 Å². The van der Waals surface area contributed by atoms with Crippen molar-refractivity contribution in [1.82, 2.24) is 5.32 Å². The quantitative estimate of drug-likeness (QED) is 0.882. The van der Waals surface area contributed by atoms with Gasteiger partial charge in [0.1, 0.15) is 0 Å². The largest absolute Gasteiger partial charge is 0.393 e. The topological polar surface area (TPSA) is 32.3 Å². The predicted octanol–water partition coefficient (Wildman–Crippen LogP) is 3.69. The molecule has 1 aliphatic carbocycles. The highest BCUT2D eigenvalue weighted by molar-refractivity contribution is 7.12. The van der Waals surface area contributed by atoms with Crippen molar-refractivity contribution in [2.45, 2.75) is 64.5 Å². The smallest absolute Gasteiger partial charge is 0.0580 e. The molecule has 108 valence electrons. The molecule has 1 aliphatic rings. The average molecular weight is 281 g/mol. The van der Waals surface area contributed by atoms with Crippen LogP contribution >= 0.6 is 11.3 Å². The Bertz CT molecular complexity index is 394. The third-order valence-corrected chi connectivity index (χ3v) is 5.49. The first-order chi connectivity index (χ1) is 8.97. The lowest BCUT2D eigenvalue weighted by Gasteiger charge is -2.27. The molecule has 1 fully saturated rings. The van der Waals surface area contributed by atoms with Crippen LogP contribution in [0.15, 0.2) is 12.1 Å². The number of rotatable bonds is 4. The van der Waals surface area contributed by atoms with Gasteiger partial charge in [-0.3, -0.25) is 0 Å². The minimum Gasteiger partial charge on any atom is -0.393 e. The van der Waals surface area contributed by atoms with E-state index in [0.29, 0.717) is 5.92 Å². The summed E-state index contributed by atoms with van der Waals surface area (Å²) in [6.07, 6.45) is 4.54. The van der Waals surface area contributed by atoms with Crippen LogP contribution in [-0.4, -0.2) is 17.8 Å². The number of aliphatic hydroxyl groups is 1. The molecule has 0 aliphatic heterocycles. The molecular formula is C16H27NOS. The molecule has 1 heterocycles. The number of aliphatic hydroxyl groups excluding tert-OH is 1. The highest BCUT2D eigenvalue weighted by Gasteiger charge is 2.22. The summed E-state index contributed by atoms with van der Waals surface area (Å²) in [6.45, 7) is 8.66. The Kier molecular flexibility index (Phi) is 5.04. The normalized spacial score (nSPS) is 24.6. The van der Waals surface area contributed by atoms with Crippen LogP contribution < -0.4 is 5.32 Å². The van der Waals surface area contributed by atoms with E-state index in [1.807, 2.05) is 11.3 Å². The van der Waals surface area contributed by atoms with E-state index in [1.54, 1.807) is 0 Å². The van der Waals surface area contributed by atoms with Gasteiger partial charge in [-0.25, -0.2) is 0 Å². The summed E-state index contributed by atoms with van der Waals surface area (Å²) in [5, 5.41) is 13.5. The van der Waals surface area contributed by atoms with E-state index in [2.05, 4.69) is 38.2 Å². The summed E-state index contributed by atoms with van der Waals surface area (Å²) >= 11 is 1.90. The monoisotopic (exact) mass is 281 g/mol. The molecule has 1 aromatic rings. The van der Waals surface area contributed by atoms with Crippen molar-refractivity contribution in [3.63, 3.8) is 0 Å². The van der Waals surface area contributed by atoms with E-state index in [-0.39, 0.29) is 11.5 Å². The summed E-state index contributed by atoms with van der Waals surface area (Å²) in [5.74, 6) is 0.454. The summed E-state index contributed by atoms with van der Waals surface area (Å²) in [4.78, 5) is 2.84. The van der Waals surface area contributed by atoms with E-state index >= 15 is 0 Å². The first kappa shape index (κ1) is 15.0. The van der Waals surface area contributed by atoms with Crippen LogP contribution in [0.4, 0.5) is 0 Å². The molecule has 2 unspecified atom stereocenters. The summed E-state index contributed by atoms with van der Waals surface area (Å²) < 4.78 is 0. The first-order valence-corrected chi connectivity index (χ1v) is 8.26. The van der Waals surface area contributed by atoms with Crippen LogP contribution in [0, 0.1) is 5.92 Å². The fourth-order valence-electron chi connectivity index (χ4n) is 2.68. The second kappa shape index (κ2) is 6.38. The number of thiophene rings is 1. The summed E-state index contributed by atoms with van der Waals surface area (Å²) in [6, 6.07) is 4.48. The Morgan fingerprint density at radius 1 is 1.26 bits per heavy atom. The fraction of sp³-hybridized carbons (Fsp3) is 0.750. The molecule has 0 aromatic carbocycles. The molecule has 0 radical (unpaired) electrons. The molecule has 3 heteroatoms. The average Bonchev–Trinajstić information content (AvgIpc) is 2.80. The van der Waals surface area contributed by atoms with Crippen LogP contribution in [0.2, 0.25) is 0 Å². The second-order valence-electron chi connectivity index (χ2n) is 6.76. The van der Waals surface area contributed by atoms with E-state index in [9.17, 15) is 5.11 Å². The molecule has 1 saturated carbocycles. The Morgan fingerprint density at radius 3 is 2.63 bits per heavy atom. The first-order valence-electron chi connectivity index (χ1n) is 7.45. The van der Waals surface area contributed by atoms with Crippen molar-refractivity contribution >= 4 is 11.3 Å². The lowest BCUT2D eigenvalue weighted by molar-refractivity contribution is 0.0695. The van der Waals surface area contributed by atoms with Crippen LogP contribution in [0.25, 0.3) is 0 Å². The minimum atomic E-state index is -0.0882. The van der Waals surface area contributed by atoms with Crippen LogP contribution in [0.3, 0.4) is 0 Å². The maximum Gasteiger partial charge on any atom is 0.0580 e. The number of hydrogen-bond acceptors (Lipinski definition) is 3. The van der Waals surface area contributed by atoms with Crippen molar-refractivity contribution in [1.29, 1.82) is 0 Å².